The standard InChI is InChI=1S/C16H20BrNO2/c1-9-2-5-14(17)12(6-9)16(20)18-15-11-4-3-10(7-11)13(15)8-19/h2,5-6,10-11,13,15,19H,3-4,7-8H2,1H3,(H,18,20). The highest BCUT2D eigenvalue weighted by molar-refractivity contribution is 9.10. The van der Waals surface area contributed by atoms with Gasteiger partial charge in [-0.2, -0.15) is 0 Å². The molecule has 1 amide bonds. The van der Waals surface area contributed by atoms with Gasteiger partial charge < -0.3 is 10.4 Å². The van der Waals surface area contributed by atoms with Gasteiger partial charge in [0.1, 0.15) is 0 Å². The molecule has 0 aromatic heterocycles. The Morgan fingerprint density at radius 2 is 2.15 bits per heavy atom. The molecular formula is C16H20BrNO2. The summed E-state index contributed by atoms with van der Waals surface area (Å²) in [5.74, 6) is 1.35. The molecule has 2 aliphatic rings. The average Bonchev–Trinajstić information content (AvgIpc) is 3.02. The number of carbonyl (C=O) groups is 1. The average molecular weight is 338 g/mol. The molecule has 0 saturated heterocycles. The van der Waals surface area contributed by atoms with Crippen LogP contribution >= 0.6 is 15.9 Å². The van der Waals surface area contributed by atoms with Crippen LogP contribution in [-0.2, 0) is 0 Å². The maximum Gasteiger partial charge on any atom is 0.252 e. The van der Waals surface area contributed by atoms with E-state index >= 15 is 0 Å². The topological polar surface area (TPSA) is 49.3 Å². The van der Waals surface area contributed by atoms with Crippen molar-refractivity contribution < 1.29 is 9.90 Å². The lowest BCUT2D eigenvalue weighted by molar-refractivity contribution is 0.0860. The summed E-state index contributed by atoms with van der Waals surface area (Å²) in [6.45, 7) is 2.17. The third-order valence-electron chi connectivity index (χ3n) is 4.96. The van der Waals surface area contributed by atoms with Crippen LogP contribution in [0.3, 0.4) is 0 Å². The number of fused-ring (bicyclic) bond motifs is 2. The summed E-state index contributed by atoms with van der Waals surface area (Å²) < 4.78 is 0.823. The lowest BCUT2D eigenvalue weighted by atomic mass is 9.85. The second kappa shape index (κ2) is 5.49. The van der Waals surface area contributed by atoms with E-state index in [9.17, 15) is 9.90 Å². The van der Waals surface area contributed by atoms with Gasteiger partial charge in [0, 0.05) is 23.0 Å². The molecule has 4 atom stereocenters. The van der Waals surface area contributed by atoms with E-state index in [0.29, 0.717) is 17.4 Å². The summed E-state index contributed by atoms with van der Waals surface area (Å²) in [4.78, 5) is 12.5. The Balaban J connectivity index is 1.77. The number of carbonyl (C=O) groups excluding carboxylic acids is 1. The Hall–Kier alpha value is -0.870. The fraction of sp³-hybridized carbons (Fsp3) is 0.562. The van der Waals surface area contributed by atoms with Crippen LogP contribution in [0.2, 0.25) is 0 Å². The number of nitrogens with one attached hydrogen (secondary N) is 1. The Morgan fingerprint density at radius 3 is 2.90 bits per heavy atom. The summed E-state index contributed by atoms with van der Waals surface area (Å²) in [5, 5.41) is 12.7. The van der Waals surface area contributed by atoms with Gasteiger partial charge in [0.15, 0.2) is 0 Å². The van der Waals surface area contributed by atoms with Crippen molar-refractivity contribution in [2.75, 3.05) is 6.61 Å². The highest BCUT2D eigenvalue weighted by atomic mass is 79.9. The zero-order valence-corrected chi connectivity index (χ0v) is 13.2. The molecule has 1 aromatic rings. The zero-order chi connectivity index (χ0) is 14.3. The fourth-order valence-corrected chi connectivity index (χ4v) is 4.37. The molecule has 0 radical (unpaired) electrons. The Kier molecular flexibility index (Phi) is 3.87. The minimum atomic E-state index is -0.0309. The first kappa shape index (κ1) is 14.1. The zero-order valence-electron chi connectivity index (χ0n) is 11.6. The second-order valence-corrected chi connectivity index (χ2v) is 7.02. The molecule has 4 unspecified atom stereocenters. The van der Waals surface area contributed by atoms with Gasteiger partial charge in [0.05, 0.1) is 5.56 Å². The van der Waals surface area contributed by atoms with E-state index in [1.54, 1.807) is 0 Å². The van der Waals surface area contributed by atoms with Crippen LogP contribution in [0.4, 0.5) is 0 Å². The summed E-state index contributed by atoms with van der Waals surface area (Å²) in [5.41, 5.74) is 1.76. The SMILES string of the molecule is Cc1ccc(Br)c(C(=O)NC2C3CCC(C3)C2CO)c1. The first-order valence-corrected chi connectivity index (χ1v) is 8.07. The number of halogens is 1. The molecule has 2 aliphatic carbocycles. The number of hydrogen-bond donors (Lipinski definition) is 2. The van der Waals surface area contributed by atoms with Crippen molar-refractivity contribution >= 4 is 21.8 Å². The molecular weight excluding hydrogens is 318 g/mol. The van der Waals surface area contributed by atoms with Gasteiger partial charge in [0.2, 0.25) is 0 Å². The summed E-state index contributed by atoms with van der Waals surface area (Å²) in [6, 6.07) is 5.93. The van der Waals surface area contributed by atoms with Gasteiger partial charge in [-0.3, -0.25) is 4.79 Å². The van der Waals surface area contributed by atoms with Crippen molar-refractivity contribution in [1.82, 2.24) is 5.32 Å². The molecule has 3 nitrogen and oxygen atoms in total. The second-order valence-electron chi connectivity index (χ2n) is 6.16. The first-order chi connectivity index (χ1) is 9.60. The maximum atomic E-state index is 12.5. The number of hydrogen-bond acceptors (Lipinski definition) is 2. The molecule has 0 heterocycles. The quantitative estimate of drug-likeness (QED) is 0.890. The number of rotatable bonds is 3. The monoisotopic (exact) mass is 337 g/mol. The molecule has 2 bridgehead atoms. The van der Waals surface area contributed by atoms with Crippen molar-refractivity contribution in [3.8, 4) is 0 Å². The molecule has 2 N–H and O–H groups in total. The minimum Gasteiger partial charge on any atom is -0.396 e. The lowest BCUT2D eigenvalue weighted by Gasteiger charge is -2.30. The lowest BCUT2D eigenvalue weighted by Crippen LogP contribution is -2.45. The summed E-state index contributed by atoms with van der Waals surface area (Å²) in [7, 11) is 0. The molecule has 3 rings (SSSR count). The summed E-state index contributed by atoms with van der Waals surface area (Å²) >= 11 is 3.44. The van der Waals surface area contributed by atoms with Crippen LogP contribution in [0.1, 0.15) is 35.2 Å². The van der Waals surface area contributed by atoms with Crippen LogP contribution in [0.5, 0.6) is 0 Å². The summed E-state index contributed by atoms with van der Waals surface area (Å²) in [6.07, 6.45) is 3.54. The van der Waals surface area contributed by atoms with Crippen molar-refractivity contribution in [2.45, 2.75) is 32.2 Å². The van der Waals surface area contributed by atoms with Gasteiger partial charge >= 0.3 is 0 Å². The fourth-order valence-electron chi connectivity index (χ4n) is 3.94. The van der Waals surface area contributed by atoms with Gasteiger partial charge in [-0.05, 0) is 66.1 Å². The predicted molar refractivity (Wildman–Crippen MR) is 81.5 cm³/mol. The molecule has 0 aliphatic heterocycles. The Morgan fingerprint density at radius 1 is 1.40 bits per heavy atom. The molecule has 1 aromatic carbocycles. The van der Waals surface area contributed by atoms with E-state index in [1.165, 1.54) is 12.8 Å². The molecule has 0 spiro atoms. The normalized spacial score (nSPS) is 31.6. The number of amides is 1. The minimum absolute atomic E-state index is 0.0309. The molecule has 2 fully saturated rings. The Labute approximate surface area is 127 Å². The van der Waals surface area contributed by atoms with Crippen LogP contribution in [0.25, 0.3) is 0 Å². The highest BCUT2D eigenvalue weighted by Gasteiger charge is 2.47. The van der Waals surface area contributed by atoms with E-state index in [-0.39, 0.29) is 24.5 Å². The predicted octanol–water partition coefficient (Wildman–Crippen LogP) is 2.89. The molecule has 2 saturated carbocycles. The molecule has 108 valence electrons. The third kappa shape index (κ3) is 2.40. The van der Waals surface area contributed by atoms with Crippen LogP contribution in [0.15, 0.2) is 22.7 Å². The number of aliphatic hydroxyl groups is 1. The van der Waals surface area contributed by atoms with E-state index in [2.05, 4.69) is 21.2 Å². The van der Waals surface area contributed by atoms with E-state index in [4.69, 9.17) is 0 Å². The number of aryl methyl sites for hydroxylation is 1. The van der Waals surface area contributed by atoms with Crippen molar-refractivity contribution in [3.63, 3.8) is 0 Å². The number of benzene rings is 1. The molecule has 20 heavy (non-hydrogen) atoms. The highest BCUT2D eigenvalue weighted by Crippen LogP contribution is 2.48. The van der Waals surface area contributed by atoms with Crippen molar-refractivity contribution in [2.24, 2.45) is 17.8 Å². The van der Waals surface area contributed by atoms with Crippen LogP contribution < -0.4 is 5.32 Å². The van der Waals surface area contributed by atoms with Crippen LogP contribution in [0, 0.1) is 24.7 Å². The third-order valence-corrected chi connectivity index (χ3v) is 5.65. The van der Waals surface area contributed by atoms with Gasteiger partial charge in [-0.15, -0.1) is 0 Å². The van der Waals surface area contributed by atoms with Crippen molar-refractivity contribution in [1.29, 1.82) is 0 Å². The van der Waals surface area contributed by atoms with Crippen molar-refractivity contribution in [3.05, 3.63) is 33.8 Å². The van der Waals surface area contributed by atoms with E-state index < -0.39 is 0 Å². The smallest absolute Gasteiger partial charge is 0.252 e. The van der Waals surface area contributed by atoms with Gasteiger partial charge in [-0.25, -0.2) is 0 Å². The van der Waals surface area contributed by atoms with E-state index in [0.717, 1.165) is 16.5 Å². The van der Waals surface area contributed by atoms with Gasteiger partial charge in [0.25, 0.3) is 5.91 Å². The molecule has 4 heteroatoms. The van der Waals surface area contributed by atoms with E-state index in [1.807, 2.05) is 25.1 Å². The first-order valence-electron chi connectivity index (χ1n) is 7.28. The maximum absolute atomic E-state index is 12.5. The van der Waals surface area contributed by atoms with Gasteiger partial charge in [-0.1, -0.05) is 11.6 Å². The van der Waals surface area contributed by atoms with Crippen LogP contribution in [-0.4, -0.2) is 23.7 Å². The number of aliphatic hydroxyl groups excluding tert-OH is 1. The largest absolute Gasteiger partial charge is 0.396 e. The Bertz CT molecular complexity index is 531.